The van der Waals surface area contributed by atoms with Crippen molar-refractivity contribution >= 4 is 11.9 Å². The fraction of sp³-hybridized carbons (Fsp3) is 0.846. The third-order valence-electron chi connectivity index (χ3n) is 2.94. The van der Waals surface area contributed by atoms with Crippen LogP contribution in [0.25, 0.3) is 0 Å². The van der Waals surface area contributed by atoms with Crippen LogP contribution in [0.3, 0.4) is 0 Å². The molecule has 0 rings (SSSR count). The zero-order chi connectivity index (χ0) is 15.4. The first kappa shape index (κ1) is 18.8. The molecule has 0 aliphatic carbocycles. The summed E-state index contributed by atoms with van der Waals surface area (Å²) in [4.78, 5) is 21.8. The highest BCUT2D eigenvalue weighted by Crippen LogP contribution is 2.14. The van der Waals surface area contributed by atoms with Gasteiger partial charge in [-0.3, -0.25) is 9.59 Å². The molecular formula is C13H23F2NO4. The number of hydrogen-bond donors (Lipinski definition) is 2. The molecule has 0 saturated carbocycles. The minimum absolute atomic E-state index is 0.0214. The van der Waals surface area contributed by atoms with Crippen LogP contribution < -0.4 is 5.32 Å². The molecule has 0 fully saturated rings. The van der Waals surface area contributed by atoms with Crippen molar-refractivity contribution < 1.29 is 28.2 Å². The van der Waals surface area contributed by atoms with E-state index in [0.29, 0.717) is 19.4 Å². The van der Waals surface area contributed by atoms with Gasteiger partial charge in [0.1, 0.15) is 6.61 Å². The number of rotatable bonds is 12. The molecule has 118 valence electrons. The summed E-state index contributed by atoms with van der Waals surface area (Å²) in [6, 6.07) is 0. The molecule has 20 heavy (non-hydrogen) atoms. The molecule has 1 atom stereocenters. The Kier molecular flexibility index (Phi) is 10.9. The van der Waals surface area contributed by atoms with Crippen LogP contribution in [0.4, 0.5) is 8.78 Å². The Morgan fingerprint density at radius 2 is 1.95 bits per heavy atom. The molecule has 0 saturated heterocycles. The van der Waals surface area contributed by atoms with Gasteiger partial charge in [-0.2, -0.15) is 0 Å². The summed E-state index contributed by atoms with van der Waals surface area (Å²) in [5, 5.41) is 11.3. The lowest BCUT2D eigenvalue weighted by molar-refractivity contribution is -0.137. The van der Waals surface area contributed by atoms with Gasteiger partial charge in [0.05, 0.1) is 6.61 Å². The first-order valence-corrected chi connectivity index (χ1v) is 6.80. The highest BCUT2D eigenvalue weighted by Gasteiger charge is 2.10. The molecule has 2 N–H and O–H groups in total. The number of nitrogens with one attached hydrogen (secondary N) is 1. The lowest BCUT2D eigenvalue weighted by Gasteiger charge is -2.14. The minimum Gasteiger partial charge on any atom is -0.481 e. The molecule has 0 aromatic carbocycles. The van der Waals surface area contributed by atoms with Crippen molar-refractivity contribution in [1.82, 2.24) is 5.32 Å². The molecule has 0 heterocycles. The predicted molar refractivity (Wildman–Crippen MR) is 69.7 cm³/mol. The lowest BCUT2D eigenvalue weighted by atomic mass is 9.96. The van der Waals surface area contributed by atoms with Crippen molar-refractivity contribution in [2.75, 3.05) is 19.8 Å². The van der Waals surface area contributed by atoms with E-state index < -0.39 is 19.0 Å². The van der Waals surface area contributed by atoms with Crippen LogP contribution in [0, 0.1) is 5.92 Å². The second-order valence-electron chi connectivity index (χ2n) is 4.56. The standard InChI is InChI=1S/C13H23F2NO4/c1-2-10(3-4-13(18)19)5-7-16-12(17)6-8-20-9-11(14)15/h10-11H,2-9H2,1H3,(H,16,17)(H,18,19). The van der Waals surface area contributed by atoms with Gasteiger partial charge in [0, 0.05) is 19.4 Å². The molecule has 0 aromatic heterocycles. The first-order chi connectivity index (χ1) is 9.45. The number of amides is 1. The maximum Gasteiger partial charge on any atom is 0.303 e. The van der Waals surface area contributed by atoms with Crippen molar-refractivity contribution in [2.24, 2.45) is 5.92 Å². The molecule has 5 nitrogen and oxygen atoms in total. The van der Waals surface area contributed by atoms with Crippen LogP contribution in [0.15, 0.2) is 0 Å². The Balaban J connectivity index is 3.60. The van der Waals surface area contributed by atoms with Crippen molar-refractivity contribution in [2.45, 2.75) is 45.5 Å². The summed E-state index contributed by atoms with van der Waals surface area (Å²) in [7, 11) is 0. The van der Waals surface area contributed by atoms with Crippen LogP contribution in [0.1, 0.15) is 39.0 Å². The Labute approximate surface area is 117 Å². The zero-order valence-corrected chi connectivity index (χ0v) is 11.7. The summed E-state index contributed by atoms with van der Waals surface area (Å²) < 4.78 is 28.1. The third kappa shape index (κ3) is 11.8. The maximum atomic E-state index is 11.8. The van der Waals surface area contributed by atoms with Crippen molar-refractivity contribution in [3.8, 4) is 0 Å². The summed E-state index contributed by atoms with van der Waals surface area (Å²) in [6.45, 7) is 1.77. The molecule has 0 bridgehead atoms. The van der Waals surface area contributed by atoms with Crippen LogP contribution in [-0.4, -0.2) is 43.2 Å². The second-order valence-corrected chi connectivity index (χ2v) is 4.56. The van der Waals surface area contributed by atoms with Crippen LogP contribution in [0.2, 0.25) is 0 Å². The first-order valence-electron chi connectivity index (χ1n) is 6.80. The van der Waals surface area contributed by atoms with E-state index >= 15 is 0 Å². The third-order valence-corrected chi connectivity index (χ3v) is 2.94. The van der Waals surface area contributed by atoms with Crippen molar-refractivity contribution in [3.05, 3.63) is 0 Å². The number of carbonyl (C=O) groups excluding carboxylic acids is 1. The van der Waals surface area contributed by atoms with E-state index in [4.69, 9.17) is 5.11 Å². The Bertz CT molecular complexity index is 288. The fourth-order valence-corrected chi connectivity index (χ4v) is 1.72. The molecule has 0 spiro atoms. The minimum atomic E-state index is -2.52. The number of carboxylic acid groups (broad SMARTS) is 1. The molecule has 0 radical (unpaired) electrons. The molecule has 0 aliphatic heterocycles. The van der Waals surface area contributed by atoms with Gasteiger partial charge >= 0.3 is 5.97 Å². The summed E-state index contributed by atoms with van der Waals surface area (Å²) in [6.07, 6.45) is -0.155. The van der Waals surface area contributed by atoms with Gasteiger partial charge < -0.3 is 15.2 Å². The number of carbonyl (C=O) groups is 2. The largest absolute Gasteiger partial charge is 0.481 e. The highest BCUT2D eigenvalue weighted by atomic mass is 19.3. The molecule has 1 amide bonds. The molecule has 0 aliphatic rings. The van der Waals surface area contributed by atoms with Crippen LogP contribution >= 0.6 is 0 Å². The topological polar surface area (TPSA) is 75.6 Å². The van der Waals surface area contributed by atoms with E-state index in [2.05, 4.69) is 10.1 Å². The number of ether oxygens (including phenoxy) is 1. The number of halogens is 2. The van der Waals surface area contributed by atoms with Gasteiger partial charge in [0.15, 0.2) is 0 Å². The van der Waals surface area contributed by atoms with Gasteiger partial charge in [0.2, 0.25) is 5.91 Å². The SMILES string of the molecule is CCC(CCNC(=O)CCOCC(F)F)CCC(=O)O. The molecule has 1 unspecified atom stereocenters. The van der Waals surface area contributed by atoms with E-state index in [1.54, 1.807) is 0 Å². The molecule has 7 heteroatoms. The van der Waals surface area contributed by atoms with Crippen molar-refractivity contribution in [3.63, 3.8) is 0 Å². The van der Waals surface area contributed by atoms with Gasteiger partial charge in [-0.15, -0.1) is 0 Å². The molecule has 0 aromatic rings. The monoisotopic (exact) mass is 295 g/mol. The fourth-order valence-electron chi connectivity index (χ4n) is 1.72. The lowest BCUT2D eigenvalue weighted by Crippen LogP contribution is -2.27. The van der Waals surface area contributed by atoms with Gasteiger partial charge in [0.25, 0.3) is 6.43 Å². The van der Waals surface area contributed by atoms with Crippen LogP contribution in [-0.2, 0) is 14.3 Å². The van der Waals surface area contributed by atoms with Crippen LogP contribution in [0.5, 0.6) is 0 Å². The number of hydrogen-bond acceptors (Lipinski definition) is 3. The van der Waals surface area contributed by atoms with Gasteiger partial charge in [-0.1, -0.05) is 13.3 Å². The van der Waals surface area contributed by atoms with Gasteiger partial charge in [-0.25, -0.2) is 8.78 Å². The predicted octanol–water partition coefficient (Wildman–Crippen LogP) is 2.06. The quantitative estimate of drug-likeness (QED) is 0.540. The maximum absolute atomic E-state index is 11.8. The Hall–Kier alpha value is -1.24. The average Bonchev–Trinajstić information content (AvgIpc) is 2.38. The smallest absolute Gasteiger partial charge is 0.303 e. The summed E-state index contributed by atoms with van der Waals surface area (Å²) in [5.41, 5.74) is 0. The summed E-state index contributed by atoms with van der Waals surface area (Å²) in [5.74, 6) is -0.794. The Morgan fingerprint density at radius 1 is 1.25 bits per heavy atom. The second kappa shape index (κ2) is 11.6. The van der Waals surface area contributed by atoms with E-state index in [1.807, 2.05) is 6.92 Å². The highest BCUT2D eigenvalue weighted by molar-refractivity contribution is 5.75. The zero-order valence-electron chi connectivity index (χ0n) is 11.7. The van der Waals surface area contributed by atoms with E-state index in [0.717, 1.165) is 6.42 Å². The van der Waals surface area contributed by atoms with Gasteiger partial charge in [-0.05, 0) is 18.8 Å². The van der Waals surface area contributed by atoms with E-state index in [1.165, 1.54) is 0 Å². The number of aliphatic carboxylic acids is 1. The van der Waals surface area contributed by atoms with Crippen molar-refractivity contribution in [1.29, 1.82) is 0 Å². The summed E-state index contributed by atoms with van der Waals surface area (Å²) >= 11 is 0. The Morgan fingerprint density at radius 3 is 2.50 bits per heavy atom. The normalized spacial score (nSPS) is 12.4. The number of alkyl halides is 2. The molecular weight excluding hydrogens is 272 g/mol. The van der Waals surface area contributed by atoms with E-state index in [9.17, 15) is 18.4 Å². The average molecular weight is 295 g/mol. The van der Waals surface area contributed by atoms with E-state index in [-0.39, 0.29) is 31.3 Å². The number of carboxylic acids is 1.